The smallest absolute Gasteiger partial charge is 0.183 e. The Hall–Kier alpha value is -2.41. The first-order chi connectivity index (χ1) is 11.2. The predicted molar refractivity (Wildman–Crippen MR) is 91.5 cm³/mol. The highest BCUT2D eigenvalue weighted by Gasteiger charge is 2.24. The number of aryl methyl sites for hydroxylation is 2. The predicted octanol–water partition coefficient (Wildman–Crippen LogP) is 3.60. The molecule has 1 aromatic heterocycles. The van der Waals surface area contributed by atoms with E-state index in [9.17, 15) is 5.26 Å². The summed E-state index contributed by atoms with van der Waals surface area (Å²) >= 11 is 0. The SMILES string of the molecule is CCc1nc(N2CCC(c3ccccc3)CC2)c(C#N)nc1C. The molecule has 4 nitrogen and oxygen atoms in total. The molecule has 1 aliphatic heterocycles. The van der Waals surface area contributed by atoms with Crippen LogP contribution in [-0.4, -0.2) is 23.1 Å². The van der Waals surface area contributed by atoms with Crippen LogP contribution in [0.4, 0.5) is 5.82 Å². The number of piperidine rings is 1. The second-order valence-electron chi connectivity index (χ2n) is 6.07. The molecule has 1 aliphatic rings. The molecule has 1 fully saturated rings. The fourth-order valence-corrected chi connectivity index (χ4v) is 3.32. The Morgan fingerprint density at radius 3 is 2.48 bits per heavy atom. The van der Waals surface area contributed by atoms with Gasteiger partial charge in [-0.25, -0.2) is 9.97 Å². The van der Waals surface area contributed by atoms with Crippen molar-refractivity contribution in [2.45, 2.75) is 39.0 Å². The minimum Gasteiger partial charge on any atom is -0.354 e. The van der Waals surface area contributed by atoms with E-state index in [1.165, 1.54) is 5.56 Å². The summed E-state index contributed by atoms with van der Waals surface area (Å²) < 4.78 is 0. The first-order valence-corrected chi connectivity index (χ1v) is 8.30. The molecular weight excluding hydrogens is 284 g/mol. The summed E-state index contributed by atoms with van der Waals surface area (Å²) in [6.07, 6.45) is 3.02. The average Bonchev–Trinajstić information content (AvgIpc) is 2.62. The monoisotopic (exact) mass is 306 g/mol. The van der Waals surface area contributed by atoms with Gasteiger partial charge < -0.3 is 4.90 Å². The van der Waals surface area contributed by atoms with Gasteiger partial charge in [-0.15, -0.1) is 0 Å². The van der Waals surface area contributed by atoms with Crippen LogP contribution < -0.4 is 4.90 Å². The highest BCUT2D eigenvalue weighted by atomic mass is 15.2. The van der Waals surface area contributed by atoms with Crippen LogP contribution in [0.1, 0.15) is 48.3 Å². The Kier molecular flexibility index (Phi) is 4.57. The summed E-state index contributed by atoms with van der Waals surface area (Å²) in [5.41, 5.74) is 3.73. The van der Waals surface area contributed by atoms with E-state index < -0.39 is 0 Å². The molecule has 0 amide bonds. The van der Waals surface area contributed by atoms with Gasteiger partial charge in [0.25, 0.3) is 0 Å². The van der Waals surface area contributed by atoms with Crippen LogP contribution in [0.5, 0.6) is 0 Å². The largest absolute Gasteiger partial charge is 0.354 e. The zero-order chi connectivity index (χ0) is 16.2. The van der Waals surface area contributed by atoms with E-state index in [0.29, 0.717) is 11.6 Å². The van der Waals surface area contributed by atoms with Crippen LogP contribution in [0, 0.1) is 18.3 Å². The Labute approximate surface area is 137 Å². The van der Waals surface area contributed by atoms with E-state index in [2.05, 4.69) is 53.2 Å². The Morgan fingerprint density at radius 1 is 1.17 bits per heavy atom. The van der Waals surface area contributed by atoms with E-state index in [-0.39, 0.29) is 0 Å². The molecule has 2 heterocycles. The minimum atomic E-state index is 0.456. The van der Waals surface area contributed by atoms with Gasteiger partial charge in [0.05, 0.1) is 11.4 Å². The number of nitriles is 1. The van der Waals surface area contributed by atoms with E-state index >= 15 is 0 Å². The summed E-state index contributed by atoms with van der Waals surface area (Å²) in [5, 5.41) is 9.39. The van der Waals surface area contributed by atoms with Crippen molar-refractivity contribution in [3.8, 4) is 6.07 Å². The summed E-state index contributed by atoms with van der Waals surface area (Å²) in [4.78, 5) is 11.4. The van der Waals surface area contributed by atoms with Gasteiger partial charge in [-0.2, -0.15) is 5.26 Å². The van der Waals surface area contributed by atoms with Crippen molar-refractivity contribution < 1.29 is 0 Å². The van der Waals surface area contributed by atoms with Crippen molar-refractivity contribution in [2.24, 2.45) is 0 Å². The lowest BCUT2D eigenvalue weighted by Crippen LogP contribution is -2.34. The quantitative estimate of drug-likeness (QED) is 0.869. The van der Waals surface area contributed by atoms with E-state index in [1.54, 1.807) is 0 Å². The van der Waals surface area contributed by atoms with E-state index in [1.807, 2.05) is 6.92 Å². The highest BCUT2D eigenvalue weighted by molar-refractivity contribution is 5.51. The second kappa shape index (κ2) is 6.78. The van der Waals surface area contributed by atoms with Crippen molar-refractivity contribution >= 4 is 5.82 Å². The molecule has 118 valence electrons. The number of nitrogens with zero attached hydrogens (tertiary/aromatic N) is 4. The average molecular weight is 306 g/mol. The molecule has 1 aromatic carbocycles. The molecule has 0 radical (unpaired) electrons. The summed E-state index contributed by atoms with van der Waals surface area (Å²) in [5.74, 6) is 1.36. The number of hydrogen-bond donors (Lipinski definition) is 0. The Balaban J connectivity index is 1.79. The van der Waals surface area contributed by atoms with Crippen LogP contribution in [-0.2, 0) is 6.42 Å². The number of benzene rings is 1. The van der Waals surface area contributed by atoms with Crippen molar-refractivity contribution in [1.29, 1.82) is 5.26 Å². The number of aromatic nitrogens is 2. The van der Waals surface area contributed by atoms with Crippen LogP contribution in [0.25, 0.3) is 0 Å². The van der Waals surface area contributed by atoms with Crippen LogP contribution in [0.3, 0.4) is 0 Å². The molecule has 4 heteroatoms. The zero-order valence-corrected chi connectivity index (χ0v) is 13.8. The lowest BCUT2D eigenvalue weighted by Gasteiger charge is -2.33. The van der Waals surface area contributed by atoms with Crippen molar-refractivity contribution in [3.63, 3.8) is 0 Å². The summed E-state index contributed by atoms with van der Waals surface area (Å²) in [6.45, 7) is 5.86. The topological polar surface area (TPSA) is 52.8 Å². The molecule has 0 N–H and O–H groups in total. The van der Waals surface area contributed by atoms with Crippen LogP contribution in [0.2, 0.25) is 0 Å². The van der Waals surface area contributed by atoms with Gasteiger partial charge in [-0.1, -0.05) is 37.3 Å². The molecular formula is C19H22N4. The van der Waals surface area contributed by atoms with E-state index in [4.69, 9.17) is 4.98 Å². The summed E-state index contributed by atoms with van der Waals surface area (Å²) in [7, 11) is 0. The molecule has 0 bridgehead atoms. The van der Waals surface area contributed by atoms with Gasteiger partial charge in [0.1, 0.15) is 6.07 Å². The molecule has 0 aliphatic carbocycles. The summed E-state index contributed by atoms with van der Waals surface area (Å²) in [6, 6.07) is 12.9. The second-order valence-corrected chi connectivity index (χ2v) is 6.07. The third-order valence-electron chi connectivity index (χ3n) is 4.66. The van der Waals surface area contributed by atoms with Gasteiger partial charge in [-0.3, -0.25) is 0 Å². The van der Waals surface area contributed by atoms with Crippen LogP contribution >= 0.6 is 0 Å². The van der Waals surface area contributed by atoms with Crippen molar-refractivity contribution in [1.82, 2.24) is 9.97 Å². The van der Waals surface area contributed by atoms with Crippen molar-refractivity contribution in [3.05, 3.63) is 53.0 Å². The molecule has 3 rings (SSSR count). The maximum atomic E-state index is 9.39. The number of anilines is 1. The molecule has 0 unspecified atom stereocenters. The fourth-order valence-electron chi connectivity index (χ4n) is 3.32. The van der Waals surface area contributed by atoms with Gasteiger partial charge in [0.2, 0.25) is 0 Å². The zero-order valence-electron chi connectivity index (χ0n) is 13.8. The van der Waals surface area contributed by atoms with Gasteiger partial charge >= 0.3 is 0 Å². The maximum absolute atomic E-state index is 9.39. The standard InChI is InChI=1S/C19H22N4/c1-3-17-14(2)21-18(13-20)19(22-17)23-11-9-16(10-12-23)15-7-5-4-6-8-15/h4-8,16H,3,9-12H2,1-2H3. The third kappa shape index (κ3) is 3.19. The van der Waals surface area contributed by atoms with Crippen LogP contribution in [0.15, 0.2) is 30.3 Å². The molecule has 2 aromatic rings. The fraction of sp³-hybridized carbons (Fsp3) is 0.421. The Bertz CT molecular complexity index is 710. The lowest BCUT2D eigenvalue weighted by atomic mass is 9.89. The first kappa shape index (κ1) is 15.5. The highest BCUT2D eigenvalue weighted by Crippen LogP contribution is 2.30. The maximum Gasteiger partial charge on any atom is 0.183 e. The van der Waals surface area contributed by atoms with Crippen molar-refractivity contribution in [2.75, 3.05) is 18.0 Å². The van der Waals surface area contributed by atoms with Gasteiger partial charge in [-0.05, 0) is 37.7 Å². The van der Waals surface area contributed by atoms with Gasteiger partial charge in [0.15, 0.2) is 11.5 Å². The third-order valence-corrected chi connectivity index (χ3v) is 4.66. The number of hydrogen-bond acceptors (Lipinski definition) is 4. The normalized spacial score (nSPS) is 15.4. The molecule has 0 atom stereocenters. The molecule has 0 spiro atoms. The molecule has 23 heavy (non-hydrogen) atoms. The minimum absolute atomic E-state index is 0.456. The van der Waals surface area contributed by atoms with E-state index in [0.717, 1.165) is 49.6 Å². The molecule has 0 saturated carbocycles. The first-order valence-electron chi connectivity index (χ1n) is 8.30. The Morgan fingerprint density at radius 2 is 1.87 bits per heavy atom. The molecule has 1 saturated heterocycles. The lowest BCUT2D eigenvalue weighted by molar-refractivity contribution is 0.501. The van der Waals surface area contributed by atoms with Gasteiger partial charge in [0, 0.05) is 13.1 Å². The number of rotatable bonds is 3.